The minimum Gasteiger partial charge on any atom is -0.481 e. The third-order valence-electron chi connectivity index (χ3n) is 3.41. The molecule has 3 rings (SSSR count). The van der Waals surface area contributed by atoms with Gasteiger partial charge in [-0.3, -0.25) is 4.57 Å². The molecule has 2 N–H and O–H groups in total. The molecule has 1 unspecified atom stereocenters. The number of pyridine rings is 1. The second-order valence-corrected chi connectivity index (χ2v) is 5.88. The molecule has 0 radical (unpaired) electrons. The predicted octanol–water partition coefficient (Wildman–Crippen LogP) is 2.65. The van der Waals surface area contributed by atoms with Crippen molar-refractivity contribution in [3.63, 3.8) is 0 Å². The average molecular weight is 303 g/mol. The lowest BCUT2D eigenvalue weighted by Gasteiger charge is -2.12. The molecule has 0 bridgehead atoms. The van der Waals surface area contributed by atoms with Crippen molar-refractivity contribution in [2.45, 2.75) is 26.3 Å². The number of aromatic nitrogens is 4. The van der Waals surface area contributed by atoms with Gasteiger partial charge in [0, 0.05) is 17.1 Å². The van der Waals surface area contributed by atoms with Crippen molar-refractivity contribution >= 4 is 28.4 Å². The van der Waals surface area contributed by atoms with Crippen LogP contribution in [-0.4, -0.2) is 26.6 Å². The second-order valence-electron chi connectivity index (χ2n) is 4.73. The van der Waals surface area contributed by atoms with Crippen LogP contribution in [0.15, 0.2) is 18.3 Å². The van der Waals surface area contributed by atoms with Gasteiger partial charge in [-0.25, -0.2) is 9.97 Å². The molecule has 1 atom stereocenters. The summed E-state index contributed by atoms with van der Waals surface area (Å²) in [5.74, 6) is 0.982. The summed E-state index contributed by atoms with van der Waals surface area (Å²) in [6, 6.07) is 3.63. The third-order valence-corrected chi connectivity index (χ3v) is 4.72. The summed E-state index contributed by atoms with van der Waals surface area (Å²) in [5, 5.41) is 1.00. The topological polar surface area (TPSA) is 78.9 Å². The van der Waals surface area contributed by atoms with E-state index in [1.54, 1.807) is 24.5 Å². The largest absolute Gasteiger partial charge is 0.481 e. The number of rotatable bonds is 4. The van der Waals surface area contributed by atoms with Crippen molar-refractivity contribution in [1.82, 2.24) is 19.5 Å². The van der Waals surface area contributed by atoms with Gasteiger partial charge in [0.25, 0.3) is 0 Å². The molecule has 6 nitrogen and oxygen atoms in total. The molecule has 0 amide bonds. The van der Waals surface area contributed by atoms with Crippen LogP contribution in [0, 0.1) is 0 Å². The average Bonchev–Trinajstić information content (AvgIpc) is 3.09. The number of imidazole rings is 1. The summed E-state index contributed by atoms with van der Waals surface area (Å²) in [5.41, 5.74) is 7.54. The van der Waals surface area contributed by atoms with E-state index in [2.05, 4.69) is 28.8 Å². The van der Waals surface area contributed by atoms with E-state index < -0.39 is 0 Å². The van der Waals surface area contributed by atoms with Gasteiger partial charge in [0.05, 0.1) is 13.2 Å². The molecule has 0 aliphatic rings. The first kappa shape index (κ1) is 13.8. The lowest BCUT2D eigenvalue weighted by atomic mass is 10.3. The number of fused-ring (bicyclic) bond motifs is 1. The Balaban J connectivity index is 2.11. The lowest BCUT2D eigenvalue weighted by molar-refractivity contribution is 0.399. The molecule has 21 heavy (non-hydrogen) atoms. The molecule has 0 aliphatic carbocycles. The van der Waals surface area contributed by atoms with Gasteiger partial charge in [-0.05, 0) is 19.4 Å². The van der Waals surface area contributed by atoms with E-state index in [0.717, 1.165) is 16.9 Å². The molecule has 7 heteroatoms. The fourth-order valence-electron chi connectivity index (χ4n) is 2.26. The summed E-state index contributed by atoms with van der Waals surface area (Å²) >= 11 is 1.69. The Morgan fingerprint density at radius 2 is 2.19 bits per heavy atom. The number of nitrogen functional groups attached to an aromatic ring is 1. The SMILES string of the molecule is CCc1cnc(C(C)n2c(N)nc3ccc(OC)nc32)s1. The van der Waals surface area contributed by atoms with Crippen LogP contribution in [0.5, 0.6) is 5.88 Å². The van der Waals surface area contributed by atoms with Crippen LogP contribution in [0.3, 0.4) is 0 Å². The van der Waals surface area contributed by atoms with Crippen LogP contribution in [0.1, 0.15) is 29.8 Å². The lowest BCUT2D eigenvalue weighted by Crippen LogP contribution is -2.10. The highest BCUT2D eigenvalue weighted by molar-refractivity contribution is 7.11. The maximum absolute atomic E-state index is 6.07. The summed E-state index contributed by atoms with van der Waals surface area (Å²) < 4.78 is 7.09. The van der Waals surface area contributed by atoms with Gasteiger partial charge in [-0.1, -0.05) is 6.92 Å². The highest BCUT2D eigenvalue weighted by atomic mass is 32.1. The zero-order chi connectivity index (χ0) is 15.0. The molecule has 110 valence electrons. The van der Waals surface area contributed by atoms with Crippen molar-refractivity contribution in [3.8, 4) is 5.88 Å². The number of hydrogen-bond donors (Lipinski definition) is 1. The van der Waals surface area contributed by atoms with Crippen LogP contribution >= 0.6 is 11.3 Å². The van der Waals surface area contributed by atoms with Gasteiger partial charge in [0.2, 0.25) is 11.8 Å². The highest BCUT2D eigenvalue weighted by Gasteiger charge is 2.19. The Hall–Kier alpha value is -2.15. The van der Waals surface area contributed by atoms with E-state index in [4.69, 9.17) is 10.5 Å². The van der Waals surface area contributed by atoms with Crippen molar-refractivity contribution in [2.75, 3.05) is 12.8 Å². The van der Waals surface area contributed by atoms with Crippen molar-refractivity contribution < 1.29 is 4.74 Å². The second kappa shape index (κ2) is 5.33. The van der Waals surface area contributed by atoms with Crippen LogP contribution in [-0.2, 0) is 6.42 Å². The number of ether oxygens (including phenoxy) is 1. The molecule has 0 aliphatic heterocycles. The zero-order valence-corrected chi connectivity index (χ0v) is 13.0. The van der Waals surface area contributed by atoms with Crippen LogP contribution in [0.2, 0.25) is 0 Å². The van der Waals surface area contributed by atoms with Crippen LogP contribution in [0.4, 0.5) is 5.95 Å². The number of hydrogen-bond acceptors (Lipinski definition) is 6. The number of nitrogens with two attached hydrogens (primary N) is 1. The molecule has 3 aromatic rings. The van der Waals surface area contributed by atoms with E-state index in [1.807, 2.05) is 16.8 Å². The fraction of sp³-hybridized carbons (Fsp3) is 0.357. The smallest absolute Gasteiger partial charge is 0.215 e. The van der Waals surface area contributed by atoms with Crippen molar-refractivity contribution in [1.29, 1.82) is 0 Å². The molecule has 0 aromatic carbocycles. The van der Waals surface area contributed by atoms with E-state index in [-0.39, 0.29) is 6.04 Å². The number of nitrogens with zero attached hydrogens (tertiary/aromatic N) is 4. The van der Waals surface area contributed by atoms with E-state index in [1.165, 1.54) is 4.88 Å². The Bertz CT molecular complexity index is 779. The first-order valence-corrected chi connectivity index (χ1v) is 7.58. The predicted molar refractivity (Wildman–Crippen MR) is 83.8 cm³/mol. The minimum atomic E-state index is -0.0140. The molecular formula is C14H17N5OS. The van der Waals surface area contributed by atoms with Gasteiger partial charge in [0.1, 0.15) is 10.5 Å². The third kappa shape index (κ3) is 2.33. The first-order valence-electron chi connectivity index (χ1n) is 6.77. The highest BCUT2D eigenvalue weighted by Crippen LogP contribution is 2.29. The number of methoxy groups -OCH3 is 1. The fourth-order valence-corrected chi connectivity index (χ4v) is 3.16. The minimum absolute atomic E-state index is 0.0140. The number of aryl methyl sites for hydroxylation is 1. The van der Waals surface area contributed by atoms with Gasteiger partial charge < -0.3 is 10.5 Å². The van der Waals surface area contributed by atoms with Gasteiger partial charge in [-0.15, -0.1) is 11.3 Å². The monoisotopic (exact) mass is 303 g/mol. The van der Waals surface area contributed by atoms with E-state index in [9.17, 15) is 0 Å². The van der Waals surface area contributed by atoms with Crippen molar-refractivity contribution in [3.05, 3.63) is 28.2 Å². The van der Waals surface area contributed by atoms with Gasteiger partial charge >= 0.3 is 0 Å². The quantitative estimate of drug-likeness (QED) is 0.801. The standard InChI is InChI=1S/C14H17N5OS/c1-4-9-7-16-13(21-9)8(2)19-12-10(17-14(19)15)5-6-11(18-12)20-3/h5-8H,4H2,1-3H3,(H2,15,17). The number of thiazole rings is 1. The zero-order valence-electron chi connectivity index (χ0n) is 12.2. The molecular weight excluding hydrogens is 286 g/mol. The molecule has 0 fully saturated rings. The summed E-state index contributed by atoms with van der Waals surface area (Å²) in [7, 11) is 1.59. The number of anilines is 1. The van der Waals surface area contributed by atoms with Gasteiger partial charge in [-0.2, -0.15) is 4.98 Å². The Morgan fingerprint density at radius 3 is 2.86 bits per heavy atom. The Morgan fingerprint density at radius 1 is 1.38 bits per heavy atom. The first-order chi connectivity index (χ1) is 10.1. The normalized spacial score (nSPS) is 12.7. The molecule has 3 aromatic heterocycles. The van der Waals surface area contributed by atoms with Gasteiger partial charge in [0.15, 0.2) is 5.65 Å². The molecule has 3 heterocycles. The molecule has 0 spiro atoms. The van der Waals surface area contributed by atoms with E-state index >= 15 is 0 Å². The maximum atomic E-state index is 6.07. The molecule has 0 saturated carbocycles. The van der Waals surface area contributed by atoms with Crippen molar-refractivity contribution in [2.24, 2.45) is 0 Å². The summed E-state index contributed by atoms with van der Waals surface area (Å²) in [6.45, 7) is 4.17. The van der Waals surface area contributed by atoms with E-state index in [0.29, 0.717) is 17.5 Å². The Kier molecular flexibility index (Phi) is 3.50. The summed E-state index contributed by atoms with van der Waals surface area (Å²) in [6.07, 6.45) is 2.90. The maximum Gasteiger partial charge on any atom is 0.215 e. The van der Waals surface area contributed by atoms with Crippen LogP contribution in [0.25, 0.3) is 11.2 Å². The molecule has 0 saturated heterocycles. The Labute approximate surface area is 126 Å². The summed E-state index contributed by atoms with van der Waals surface area (Å²) in [4.78, 5) is 14.6. The van der Waals surface area contributed by atoms with Crippen LogP contribution < -0.4 is 10.5 Å².